The molecule has 1 aromatic heterocycles. The predicted molar refractivity (Wildman–Crippen MR) is 142 cm³/mol. The maximum Gasteiger partial charge on any atom is 0.214 e. The molecule has 0 aliphatic heterocycles. The third-order valence-electron chi connectivity index (χ3n) is 5.21. The molecule has 0 radical (unpaired) electrons. The summed E-state index contributed by atoms with van der Waals surface area (Å²) in [6, 6.07) is 20.1. The first-order valence-electron chi connectivity index (χ1n) is 11.6. The van der Waals surface area contributed by atoms with Crippen LogP contribution in [0, 0.1) is 5.82 Å². The Morgan fingerprint density at radius 1 is 1.03 bits per heavy atom. The molecule has 0 aliphatic rings. The van der Waals surface area contributed by atoms with Crippen molar-refractivity contribution in [2.24, 2.45) is 0 Å². The van der Waals surface area contributed by atoms with Gasteiger partial charge in [0.2, 0.25) is 5.16 Å². The van der Waals surface area contributed by atoms with Gasteiger partial charge in [-0.15, -0.1) is 5.10 Å². The van der Waals surface area contributed by atoms with Gasteiger partial charge in [0.25, 0.3) is 0 Å². The van der Waals surface area contributed by atoms with E-state index in [1.165, 1.54) is 12.1 Å². The van der Waals surface area contributed by atoms with Crippen LogP contribution >= 0.6 is 27.7 Å². The van der Waals surface area contributed by atoms with Crippen molar-refractivity contribution < 1.29 is 13.9 Å². The molecule has 4 rings (SSSR count). The number of rotatable bonds is 13. The molecule has 3 aromatic carbocycles. The number of thioether (sulfide) groups is 1. The molecule has 0 unspecified atom stereocenters. The van der Waals surface area contributed by atoms with Crippen LogP contribution in [-0.2, 0) is 13.2 Å². The minimum atomic E-state index is -0.264. The zero-order chi connectivity index (χ0) is 25.2. The average Bonchev–Trinajstić information content (AvgIpc) is 3.37. The van der Waals surface area contributed by atoms with E-state index in [1.54, 1.807) is 28.6 Å². The van der Waals surface area contributed by atoms with Crippen molar-refractivity contribution >= 4 is 27.7 Å². The van der Waals surface area contributed by atoms with E-state index in [9.17, 15) is 4.39 Å². The maximum absolute atomic E-state index is 13.1. The minimum absolute atomic E-state index is 0.264. The summed E-state index contributed by atoms with van der Waals surface area (Å²) in [5.74, 6) is 1.95. The second-order valence-corrected chi connectivity index (χ2v) is 9.74. The van der Waals surface area contributed by atoms with Gasteiger partial charge in [-0.2, -0.15) is 4.68 Å². The number of nitrogens with one attached hydrogen (secondary N) is 1. The number of benzene rings is 3. The Morgan fingerprint density at radius 2 is 1.81 bits per heavy atom. The lowest BCUT2D eigenvalue weighted by molar-refractivity contribution is 0.268. The van der Waals surface area contributed by atoms with E-state index in [-0.39, 0.29) is 5.82 Å². The third kappa shape index (κ3) is 7.28. The average molecular weight is 573 g/mol. The summed E-state index contributed by atoms with van der Waals surface area (Å²) in [5.41, 5.74) is 2.91. The van der Waals surface area contributed by atoms with Crippen molar-refractivity contribution in [2.45, 2.75) is 31.7 Å². The highest BCUT2D eigenvalue weighted by atomic mass is 79.9. The molecule has 4 aromatic rings. The van der Waals surface area contributed by atoms with E-state index in [4.69, 9.17) is 9.47 Å². The van der Waals surface area contributed by atoms with Crippen molar-refractivity contribution in [3.63, 3.8) is 0 Å². The van der Waals surface area contributed by atoms with E-state index in [0.717, 1.165) is 45.2 Å². The SMILES string of the molecule is CCOc1cc(CNCCCSc2nnnn2-c2ccccc2)c(Br)cc1OCc1ccc(F)cc1. The molecule has 0 fully saturated rings. The first-order chi connectivity index (χ1) is 17.6. The van der Waals surface area contributed by atoms with Crippen LogP contribution in [0.1, 0.15) is 24.5 Å². The summed E-state index contributed by atoms with van der Waals surface area (Å²) in [4.78, 5) is 0. The molecule has 188 valence electrons. The summed E-state index contributed by atoms with van der Waals surface area (Å²) in [7, 11) is 0. The highest BCUT2D eigenvalue weighted by molar-refractivity contribution is 9.10. The fourth-order valence-electron chi connectivity index (χ4n) is 3.42. The van der Waals surface area contributed by atoms with Crippen molar-refractivity contribution in [1.82, 2.24) is 25.5 Å². The molecule has 0 spiro atoms. The van der Waals surface area contributed by atoms with E-state index in [1.807, 2.05) is 49.4 Å². The number of para-hydroxylation sites is 1. The van der Waals surface area contributed by atoms with Crippen LogP contribution in [-0.4, -0.2) is 39.1 Å². The number of ether oxygens (including phenoxy) is 2. The molecule has 1 N–H and O–H groups in total. The van der Waals surface area contributed by atoms with Crippen molar-refractivity contribution in [3.05, 3.63) is 88.1 Å². The Bertz CT molecular complexity index is 1240. The van der Waals surface area contributed by atoms with Gasteiger partial charge in [0.1, 0.15) is 12.4 Å². The highest BCUT2D eigenvalue weighted by Gasteiger charge is 2.12. The van der Waals surface area contributed by atoms with Gasteiger partial charge >= 0.3 is 0 Å². The molecular formula is C26H27BrFN5O2S. The van der Waals surface area contributed by atoms with E-state index < -0.39 is 0 Å². The number of hydrogen-bond donors (Lipinski definition) is 1. The molecule has 36 heavy (non-hydrogen) atoms. The van der Waals surface area contributed by atoms with Gasteiger partial charge in [-0.05, 0) is 77.8 Å². The van der Waals surface area contributed by atoms with Crippen LogP contribution in [0.5, 0.6) is 11.5 Å². The third-order valence-corrected chi connectivity index (χ3v) is 6.95. The summed E-state index contributed by atoms with van der Waals surface area (Å²) in [5, 5.41) is 16.3. The molecule has 0 aliphatic carbocycles. The van der Waals surface area contributed by atoms with Crippen molar-refractivity contribution in [1.29, 1.82) is 0 Å². The monoisotopic (exact) mass is 571 g/mol. The molecule has 10 heteroatoms. The van der Waals surface area contributed by atoms with Crippen LogP contribution in [0.2, 0.25) is 0 Å². The van der Waals surface area contributed by atoms with Crippen LogP contribution in [0.25, 0.3) is 5.69 Å². The van der Waals surface area contributed by atoms with Crippen LogP contribution in [0.4, 0.5) is 4.39 Å². The number of hydrogen-bond acceptors (Lipinski definition) is 7. The molecule has 1 heterocycles. The van der Waals surface area contributed by atoms with Crippen LogP contribution in [0.3, 0.4) is 0 Å². The molecule has 0 saturated heterocycles. The Morgan fingerprint density at radius 3 is 2.58 bits per heavy atom. The topological polar surface area (TPSA) is 74.1 Å². The summed E-state index contributed by atoms with van der Waals surface area (Å²) in [6.45, 7) is 4.33. The number of tetrazole rings is 1. The van der Waals surface area contributed by atoms with Gasteiger partial charge < -0.3 is 14.8 Å². The van der Waals surface area contributed by atoms with E-state index >= 15 is 0 Å². The zero-order valence-corrected chi connectivity index (χ0v) is 22.3. The fourth-order valence-corrected chi connectivity index (χ4v) is 4.71. The summed E-state index contributed by atoms with van der Waals surface area (Å²) >= 11 is 5.29. The zero-order valence-electron chi connectivity index (χ0n) is 19.9. The maximum atomic E-state index is 13.1. The number of nitrogens with zero attached hydrogens (tertiary/aromatic N) is 4. The van der Waals surface area contributed by atoms with Gasteiger partial charge in [-0.3, -0.25) is 0 Å². The summed E-state index contributed by atoms with van der Waals surface area (Å²) in [6.07, 6.45) is 0.959. The number of halogens is 2. The molecule has 7 nitrogen and oxygen atoms in total. The Balaban J connectivity index is 1.26. The second-order valence-electron chi connectivity index (χ2n) is 7.83. The first kappa shape index (κ1) is 26.1. The lowest BCUT2D eigenvalue weighted by atomic mass is 10.2. The molecule has 0 bridgehead atoms. The molecular weight excluding hydrogens is 545 g/mol. The van der Waals surface area contributed by atoms with Gasteiger partial charge in [0, 0.05) is 16.8 Å². The first-order valence-corrected chi connectivity index (χ1v) is 13.4. The normalized spacial score (nSPS) is 11.0. The lowest BCUT2D eigenvalue weighted by Crippen LogP contribution is -2.16. The Kier molecular flexibility index (Phi) is 9.71. The van der Waals surface area contributed by atoms with Gasteiger partial charge in [0.15, 0.2) is 11.5 Å². The largest absolute Gasteiger partial charge is 0.490 e. The fraction of sp³-hybridized carbons (Fsp3) is 0.269. The van der Waals surface area contributed by atoms with Gasteiger partial charge in [-0.1, -0.05) is 58.0 Å². The van der Waals surface area contributed by atoms with Crippen LogP contribution < -0.4 is 14.8 Å². The number of aromatic nitrogens is 4. The van der Waals surface area contributed by atoms with E-state index in [2.05, 4.69) is 36.8 Å². The standard InChI is InChI=1S/C26H27BrFN5O2S/c1-2-34-24-15-20(23(27)16-25(24)35-18-19-9-11-21(28)12-10-19)17-29-13-6-14-36-26-30-31-32-33(26)22-7-4-3-5-8-22/h3-5,7-12,15-16,29H,2,6,13-14,17-18H2,1H3. The lowest BCUT2D eigenvalue weighted by Gasteiger charge is -2.15. The second kappa shape index (κ2) is 13.4. The van der Waals surface area contributed by atoms with Crippen molar-refractivity contribution in [3.8, 4) is 17.2 Å². The van der Waals surface area contributed by atoms with Gasteiger partial charge in [0.05, 0.1) is 12.3 Å². The highest BCUT2D eigenvalue weighted by Crippen LogP contribution is 2.34. The van der Waals surface area contributed by atoms with Crippen molar-refractivity contribution in [2.75, 3.05) is 18.9 Å². The Labute approximate surface area is 222 Å². The predicted octanol–water partition coefficient (Wildman–Crippen LogP) is 5.81. The Hall–Kier alpha value is -2.95. The van der Waals surface area contributed by atoms with Crippen LogP contribution in [0.15, 0.2) is 76.4 Å². The molecule has 0 saturated carbocycles. The minimum Gasteiger partial charge on any atom is -0.490 e. The molecule has 0 atom stereocenters. The summed E-state index contributed by atoms with van der Waals surface area (Å²) < 4.78 is 27.6. The van der Waals surface area contributed by atoms with E-state index in [0.29, 0.717) is 31.3 Å². The van der Waals surface area contributed by atoms with Gasteiger partial charge in [-0.25, -0.2) is 4.39 Å². The smallest absolute Gasteiger partial charge is 0.214 e. The molecule has 0 amide bonds. The quantitative estimate of drug-likeness (QED) is 0.160.